The molecule has 0 aliphatic carbocycles. The molecule has 3 rings (SSSR count). The van der Waals surface area contributed by atoms with Gasteiger partial charge in [-0.25, -0.2) is 18.5 Å². The molecule has 118 valence electrons. The van der Waals surface area contributed by atoms with E-state index in [0.717, 1.165) is 11.0 Å². The van der Waals surface area contributed by atoms with Crippen molar-refractivity contribution in [2.24, 2.45) is 12.2 Å². The molecule has 3 aromatic rings. The van der Waals surface area contributed by atoms with E-state index in [9.17, 15) is 13.2 Å². The van der Waals surface area contributed by atoms with E-state index >= 15 is 0 Å². The van der Waals surface area contributed by atoms with Crippen LogP contribution in [0.25, 0.3) is 11.0 Å². The Hall–Kier alpha value is -2.71. The summed E-state index contributed by atoms with van der Waals surface area (Å²) >= 11 is 0. The van der Waals surface area contributed by atoms with Crippen LogP contribution in [0, 0.1) is 0 Å². The summed E-state index contributed by atoms with van der Waals surface area (Å²) < 4.78 is 24.3. The van der Waals surface area contributed by atoms with Gasteiger partial charge in [0.1, 0.15) is 0 Å². The lowest BCUT2D eigenvalue weighted by Crippen LogP contribution is -2.14. The van der Waals surface area contributed by atoms with Gasteiger partial charge in [0, 0.05) is 18.3 Å². The van der Waals surface area contributed by atoms with Crippen LogP contribution in [0.15, 0.2) is 53.7 Å². The van der Waals surface area contributed by atoms with Crippen LogP contribution in [0.5, 0.6) is 0 Å². The fraction of sp³-hybridized carbons (Fsp3) is 0.0667. The van der Waals surface area contributed by atoms with E-state index in [2.05, 4.69) is 10.3 Å². The van der Waals surface area contributed by atoms with Gasteiger partial charge in [0.2, 0.25) is 10.0 Å². The minimum atomic E-state index is -3.77. The minimum Gasteiger partial charge on any atom is -0.334 e. The highest BCUT2D eigenvalue weighted by Crippen LogP contribution is 2.18. The van der Waals surface area contributed by atoms with Gasteiger partial charge in [-0.3, -0.25) is 4.79 Å². The fourth-order valence-corrected chi connectivity index (χ4v) is 2.73. The minimum absolute atomic E-state index is 0.0380. The molecule has 0 saturated heterocycles. The maximum Gasteiger partial charge on any atom is 0.255 e. The Morgan fingerprint density at radius 1 is 1.17 bits per heavy atom. The summed E-state index contributed by atoms with van der Waals surface area (Å²) in [6.07, 6.45) is 1.70. The van der Waals surface area contributed by atoms with E-state index in [0.29, 0.717) is 11.3 Å². The molecule has 8 heteroatoms. The maximum absolute atomic E-state index is 12.2. The lowest BCUT2D eigenvalue weighted by molar-refractivity contribution is 0.102. The average molecular weight is 330 g/mol. The zero-order valence-electron chi connectivity index (χ0n) is 12.2. The molecule has 0 aliphatic rings. The number of hydrogen-bond acceptors (Lipinski definition) is 4. The van der Waals surface area contributed by atoms with E-state index in [1.165, 1.54) is 24.3 Å². The number of nitrogens with zero attached hydrogens (tertiary/aromatic N) is 2. The highest BCUT2D eigenvalue weighted by atomic mass is 32.2. The van der Waals surface area contributed by atoms with Crippen LogP contribution in [0.2, 0.25) is 0 Å². The van der Waals surface area contributed by atoms with Gasteiger partial charge in [0.05, 0.1) is 22.3 Å². The van der Waals surface area contributed by atoms with Crippen LogP contribution in [0.4, 0.5) is 5.69 Å². The first kappa shape index (κ1) is 15.2. The Labute approximate surface area is 132 Å². The molecule has 2 aromatic carbocycles. The number of hydrogen-bond donors (Lipinski definition) is 2. The van der Waals surface area contributed by atoms with Gasteiger partial charge in [-0.2, -0.15) is 0 Å². The number of carbonyl (C=O) groups is 1. The first-order valence-electron chi connectivity index (χ1n) is 6.70. The van der Waals surface area contributed by atoms with E-state index < -0.39 is 10.0 Å². The van der Waals surface area contributed by atoms with Crippen LogP contribution in [-0.4, -0.2) is 23.9 Å². The van der Waals surface area contributed by atoms with Gasteiger partial charge in [0.15, 0.2) is 0 Å². The van der Waals surface area contributed by atoms with Crippen LogP contribution >= 0.6 is 0 Å². The van der Waals surface area contributed by atoms with Crippen molar-refractivity contribution >= 4 is 32.7 Å². The van der Waals surface area contributed by atoms with Crippen molar-refractivity contribution in [1.82, 2.24) is 9.55 Å². The maximum atomic E-state index is 12.2. The standard InChI is InChI=1S/C15H14N4O3S/c1-19-9-17-13-8-11(4-7-14(13)19)18-15(20)10-2-5-12(6-3-10)23(16,21)22/h2-9H,1H3,(H,18,20)(H2,16,21,22). The molecule has 0 atom stereocenters. The highest BCUT2D eigenvalue weighted by molar-refractivity contribution is 7.89. The van der Waals surface area contributed by atoms with Gasteiger partial charge >= 0.3 is 0 Å². The summed E-state index contributed by atoms with van der Waals surface area (Å²) in [6.45, 7) is 0. The lowest BCUT2D eigenvalue weighted by atomic mass is 10.2. The van der Waals surface area contributed by atoms with Crippen molar-refractivity contribution in [3.63, 3.8) is 0 Å². The Balaban J connectivity index is 1.82. The zero-order valence-corrected chi connectivity index (χ0v) is 13.0. The molecule has 0 radical (unpaired) electrons. The number of anilines is 1. The van der Waals surface area contributed by atoms with Gasteiger partial charge in [-0.1, -0.05) is 0 Å². The van der Waals surface area contributed by atoms with Crippen molar-refractivity contribution in [3.8, 4) is 0 Å². The number of aryl methyl sites for hydroxylation is 1. The molecule has 0 fully saturated rings. The second kappa shape index (κ2) is 5.49. The summed E-state index contributed by atoms with van der Waals surface area (Å²) in [7, 11) is -1.88. The fourth-order valence-electron chi connectivity index (χ4n) is 2.21. The van der Waals surface area contributed by atoms with Crippen LogP contribution in [-0.2, 0) is 17.1 Å². The summed E-state index contributed by atoms with van der Waals surface area (Å²) in [4.78, 5) is 16.4. The van der Waals surface area contributed by atoms with E-state index in [1.54, 1.807) is 18.5 Å². The number of imidazole rings is 1. The largest absolute Gasteiger partial charge is 0.334 e. The van der Waals surface area contributed by atoms with Gasteiger partial charge < -0.3 is 9.88 Å². The van der Waals surface area contributed by atoms with Crippen LogP contribution < -0.4 is 10.5 Å². The number of aromatic nitrogens is 2. The number of nitrogens with two attached hydrogens (primary N) is 1. The number of benzene rings is 2. The van der Waals surface area contributed by atoms with Crippen LogP contribution in [0.1, 0.15) is 10.4 Å². The summed E-state index contributed by atoms with van der Waals surface area (Å²) in [5.41, 5.74) is 2.67. The number of rotatable bonds is 3. The molecular formula is C15H14N4O3S. The molecule has 1 heterocycles. The normalized spacial score (nSPS) is 11.6. The smallest absolute Gasteiger partial charge is 0.255 e. The summed E-state index contributed by atoms with van der Waals surface area (Å²) in [6, 6.07) is 10.8. The van der Waals surface area contributed by atoms with E-state index in [-0.39, 0.29) is 10.8 Å². The third-order valence-corrected chi connectivity index (χ3v) is 4.36. The second-order valence-electron chi connectivity index (χ2n) is 5.08. The topological polar surface area (TPSA) is 107 Å². The molecule has 1 aromatic heterocycles. The molecule has 0 saturated carbocycles. The van der Waals surface area contributed by atoms with Gasteiger partial charge in [-0.05, 0) is 42.5 Å². The number of fused-ring (bicyclic) bond motifs is 1. The van der Waals surface area contributed by atoms with Crippen molar-refractivity contribution in [2.45, 2.75) is 4.90 Å². The molecule has 0 bridgehead atoms. The number of sulfonamides is 1. The molecule has 7 nitrogen and oxygen atoms in total. The summed E-state index contributed by atoms with van der Waals surface area (Å²) in [5.74, 6) is -0.346. The Bertz CT molecular complexity index is 991. The molecular weight excluding hydrogens is 316 g/mol. The number of nitrogens with one attached hydrogen (secondary N) is 1. The highest BCUT2D eigenvalue weighted by Gasteiger charge is 2.11. The third kappa shape index (κ3) is 3.08. The first-order valence-corrected chi connectivity index (χ1v) is 8.24. The van der Waals surface area contributed by atoms with Crippen LogP contribution in [0.3, 0.4) is 0 Å². The Morgan fingerprint density at radius 3 is 2.52 bits per heavy atom. The quantitative estimate of drug-likeness (QED) is 0.758. The lowest BCUT2D eigenvalue weighted by Gasteiger charge is -2.06. The molecule has 0 spiro atoms. The van der Waals surface area contributed by atoms with E-state index in [4.69, 9.17) is 5.14 Å². The van der Waals surface area contributed by atoms with Gasteiger partial charge in [0.25, 0.3) is 5.91 Å². The number of primary sulfonamides is 1. The Morgan fingerprint density at radius 2 is 1.87 bits per heavy atom. The molecule has 1 amide bonds. The van der Waals surface area contributed by atoms with Gasteiger partial charge in [-0.15, -0.1) is 0 Å². The SMILES string of the molecule is Cn1cnc2cc(NC(=O)c3ccc(S(N)(=O)=O)cc3)ccc21. The zero-order chi connectivity index (χ0) is 16.6. The van der Waals surface area contributed by atoms with Crippen molar-refractivity contribution in [1.29, 1.82) is 0 Å². The Kier molecular flexibility index (Phi) is 3.63. The predicted molar refractivity (Wildman–Crippen MR) is 86.5 cm³/mol. The molecule has 0 unspecified atom stereocenters. The number of amides is 1. The van der Waals surface area contributed by atoms with Crippen molar-refractivity contribution in [2.75, 3.05) is 5.32 Å². The monoisotopic (exact) mass is 330 g/mol. The molecule has 3 N–H and O–H groups in total. The third-order valence-electron chi connectivity index (χ3n) is 3.43. The first-order chi connectivity index (χ1) is 10.8. The predicted octanol–water partition coefficient (Wildman–Crippen LogP) is 1.47. The number of carbonyl (C=O) groups excluding carboxylic acids is 1. The van der Waals surface area contributed by atoms with Crippen molar-refractivity contribution in [3.05, 3.63) is 54.4 Å². The summed E-state index contributed by atoms with van der Waals surface area (Å²) in [5, 5.41) is 7.77. The van der Waals surface area contributed by atoms with E-state index in [1.807, 2.05) is 17.7 Å². The molecule has 23 heavy (non-hydrogen) atoms. The average Bonchev–Trinajstić information content (AvgIpc) is 2.87. The molecule has 0 aliphatic heterocycles. The second-order valence-corrected chi connectivity index (χ2v) is 6.64. The van der Waals surface area contributed by atoms with Crippen molar-refractivity contribution < 1.29 is 13.2 Å².